The number of anilines is 1. The number of carbonyl (C=O) groups is 4. The lowest BCUT2D eigenvalue weighted by molar-refractivity contribution is -0.255. The molecule has 2 fully saturated rings. The van der Waals surface area contributed by atoms with Crippen LogP contribution in [0.2, 0.25) is 0 Å². The SMILES string of the molecule is COC(=O)[C@H]1O[C@@H](OC(=O)Nc2ccccc2CN(C)C(=O)n2ccc3c(-c4cnn([C@H](CC#N)C5CCCC5)c4)ncnc32)[C@H](OC(C)=O)[C@@H](C)[C@@H]1C. The summed E-state index contributed by atoms with van der Waals surface area (Å²) >= 11 is 0. The summed E-state index contributed by atoms with van der Waals surface area (Å²) in [5.41, 5.74) is 2.74. The highest BCUT2D eigenvalue weighted by atomic mass is 16.7. The van der Waals surface area contributed by atoms with E-state index in [1.165, 1.54) is 29.8 Å². The van der Waals surface area contributed by atoms with Gasteiger partial charge < -0.3 is 23.8 Å². The number of hydrogen-bond acceptors (Lipinski definition) is 12. The molecule has 1 aliphatic carbocycles. The van der Waals surface area contributed by atoms with Gasteiger partial charge in [-0.3, -0.25) is 19.4 Å². The Balaban J connectivity index is 1.16. The van der Waals surface area contributed by atoms with Crippen LogP contribution >= 0.6 is 0 Å². The Morgan fingerprint density at radius 1 is 1.09 bits per heavy atom. The quantitative estimate of drug-likeness (QED) is 0.155. The fraction of sp³-hybridized carbons (Fsp3) is 0.474. The fourth-order valence-corrected chi connectivity index (χ4v) is 7.43. The summed E-state index contributed by atoms with van der Waals surface area (Å²) in [5.74, 6) is -1.65. The van der Waals surface area contributed by atoms with Gasteiger partial charge in [-0.25, -0.2) is 24.4 Å². The molecule has 0 unspecified atom stereocenters. The van der Waals surface area contributed by atoms with Gasteiger partial charge in [-0.1, -0.05) is 44.9 Å². The summed E-state index contributed by atoms with van der Waals surface area (Å²) in [7, 11) is 2.86. The highest BCUT2D eigenvalue weighted by Crippen LogP contribution is 2.37. The number of nitrogens with zero attached hydrogens (tertiary/aromatic N) is 7. The van der Waals surface area contributed by atoms with E-state index in [9.17, 15) is 24.4 Å². The van der Waals surface area contributed by atoms with Gasteiger partial charge in [0.2, 0.25) is 6.29 Å². The molecule has 4 heterocycles. The second-order valence-corrected chi connectivity index (χ2v) is 13.9. The van der Waals surface area contributed by atoms with Gasteiger partial charge in [-0.2, -0.15) is 10.4 Å². The maximum atomic E-state index is 13.8. The lowest BCUT2D eigenvalue weighted by Crippen LogP contribution is -2.55. The number of nitrogens with one attached hydrogen (secondary N) is 1. The minimum atomic E-state index is -1.39. The van der Waals surface area contributed by atoms with Gasteiger partial charge in [-0.15, -0.1) is 0 Å². The van der Waals surface area contributed by atoms with Crippen LogP contribution in [0.15, 0.2) is 55.2 Å². The first-order valence-electron chi connectivity index (χ1n) is 18.0. The van der Waals surface area contributed by atoms with E-state index < -0.39 is 48.4 Å². The van der Waals surface area contributed by atoms with E-state index >= 15 is 0 Å². The molecule has 54 heavy (non-hydrogen) atoms. The zero-order valence-electron chi connectivity index (χ0n) is 30.9. The Hall–Kier alpha value is -5.82. The third kappa shape index (κ3) is 7.91. The molecular weight excluding hydrogens is 696 g/mol. The minimum Gasteiger partial charge on any atom is -0.467 e. The lowest BCUT2D eigenvalue weighted by atomic mass is 9.83. The number of para-hydroxylation sites is 1. The number of nitriles is 1. The highest BCUT2D eigenvalue weighted by molar-refractivity contribution is 5.96. The van der Waals surface area contributed by atoms with Crippen molar-refractivity contribution < 1.29 is 38.1 Å². The zero-order chi connectivity index (χ0) is 38.5. The van der Waals surface area contributed by atoms with Crippen LogP contribution in [0.1, 0.15) is 64.5 Å². The van der Waals surface area contributed by atoms with Crippen LogP contribution in [-0.4, -0.2) is 85.9 Å². The van der Waals surface area contributed by atoms with E-state index in [4.69, 9.17) is 18.9 Å². The molecule has 0 radical (unpaired) electrons. The van der Waals surface area contributed by atoms with Crippen molar-refractivity contribution in [2.75, 3.05) is 19.5 Å². The summed E-state index contributed by atoms with van der Waals surface area (Å²) in [6.07, 6.45) is 7.20. The molecule has 16 heteroatoms. The van der Waals surface area contributed by atoms with Gasteiger partial charge in [0.25, 0.3) is 0 Å². The molecule has 6 rings (SSSR count). The van der Waals surface area contributed by atoms with E-state index in [1.807, 2.05) is 10.9 Å². The van der Waals surface area contributed by atoms with Gasteiger partial charge >= 0.3 is 24.1 Å². The molecule has 16 nitrogen and oxygen atoms in total. The first kappa shape index (κ1) is 37.9. The van der Waals surface area contributed by atoms with Crippen LogP contribution in [0.25, 0.3) is 22.3 Å². The Morgan fingerprint density at radius 2 is 1.85 bits per heavy atom. The molecule has 0 bridgehead atoms. The Kier molecular flexibility index (Phi) is 11.6. The number of amides is 2. The fourth-order valence-electron chi connectivity index (χ4n) is 7.43. The van der Waals surface area contributed by atoms with Crippen molar-refractivity contribution in [1.29, 1.82) is 5.26 Å². The number of carbonyl (C=O) groups excluding carboxylic acids is 4. The molecule has 1 saturated carbocycles. The molecule has 1 aliphatic heterocycles. The standard InChI is InChI=1S/C38H44N8O8/c1-22-23(2)33(52-24(3)47)36(53-32(22)35(48)51-5)54-37(49)43-29-13-9-8-12-26(29)19-44(4)38(50)45-17-15-28-31(40-21-41-34(28)45)27-18-42-46(20-27)30(14-16-39)25-10-6-7-11-25/h8-9,12-13,15,17-18,20-23,25,30,32-33,36H,6-7,10-11,14,19H2,1-5H3,(H,43,49)/t22-,23-,30+,32-,33+,36-/m0/s1. The molecule has 4 aromatic rings. The molecule has 2 aliphatic rings. The summed E-state index contributed by atoms with van der Waals surface area (Å²) in [5, 5.41) is 17.5. The molecule has 3 aromatic heterocycles. The minimum absolute atomic E-state index is 0.00711. The molecule has 6 atom stereocenters. The van der Waals surface area contributed by atoms with E-state index in [0.29, 0.717) is 40.3 Å². The number of esters is 2. The van der Waals surface area contributed by atoms with Crippen molar-refractivity contribution in [3.05, 3.63) is 60.8 Å². The van der Waals surface area contributed by atoms with Crippen molar-refractivity contribution >= 4 is 40.8 Å². The topological polar surface area (TPSA) is 193 Å². The van der Waals surface area contributed by atoms with Crippen molar-refractivity contribution in [1.82, 2.24) is 29.2 Å². The summed E-state index contributed by atoms with van der Waals surface area (Å²) in [6.45, 7) is 4.86. The average Bonchev–Trinajstić information content (AvgIpc) is 3.96. The molecule has 1 aromatic carbocycles. The number of ether oxygens (including phenoxy) is 4. The van der Waals surface area contributed by atoms with E-state index in [2.05, 4.69) is 26.5 Å². The second-order valence-electron chi connectivity index (χ2n) is 13.9. The monoisotopic (exact) mass is 740 g/mol. The normalized spacial score (nSPS) is 21.9. The van der Waals surface area contributed by atoms with Crippen LogP contribution in [0.3, 0.4) is 0 Å². The number of methoxy groups -OCH3 is 1. The zero-order valence-corrected chi connectivity index (χ0v) is 30.9. The van der Waals surface area contributed by atoms with Gasteiger partial charge in [-0.05, 0) is 42.4 Å². The predicted octanol–water partition coefficient (Wildman–Crippen LogP) is 5.69. The summed E-state index contributed by atoms with van der Waals surface area (Å²) in [6, 6.07) is 10.6. The first-order valence-corrected chi connectivity index (χ1v) is 18.0. The maximum absolute atomic E-state index is 13.8. The van der Waals surface area contributed by atoms with Crippen LogP contribution in [0.4, 0.5) is 15.3 Å². The lowest BCUT2D eigenvalue weighted by Gasteiger charge is -2.41. The van der Waals surface area contributed by atoms with Gasteiger partial charge in [0.15, 0.2) is 17.9 Å². The number of aromatic nitrogens is 5. The smallest absolute Gasteiger partial charge is 0.414 e. The van der Waals surface area contributed by atoms with Crippen LogP contribution in [-0.2, 0) is 35.1 Å². The summed E-state index contributed by atoms with van der Waals surface area (Å²) in [4.78, 5) is 61.9. The highest BCUT2D eigenvalue weighted by Gasteiger charge is 2.48. The van der Waals surface area contributed by atoms with Crippen molar-refractivity contribution in [2.24, 2.45) is 17.8 Å². The third-order valence-corrected chi connectivity index (χ3v) is 10.5. The van der Waals surface area contributed by atoms with Crippen molar-refractivity contribution in [2.45, 2.75) is 84.0 Å². The number of benzene rings is 1. The Morgan fingerprint density at radius 3 is 2.57 bits per heavy atom. The van der Waals surface area contributed by atoms with E-state index in [1.54, 1.807) is 63.6 Å². The van der Waals surface area contributed by atoms with Crippen LogP contribution in [0, 0.1) is 29.1 Å². The maximum Gasteiger partial charge on any atom is 0.414 e. The second kappa shape index (κ2) is 16.5. The van der Waals surface area contributed by atoms with Gasteiger partial charge in [0, 0.05) is 55.5 Å². The largest absolute Gasteiger partial charge is 0.467 e. The third-order valence-electron chi connectivity index (χ3n) is 10.5. The van der Waals surface area contributed by atoms with Gasteiger partial charge in [0.05, 0.1) is 37.5 Å². The van der Waals surface area contributed by atoms with Crippen LogP contribution < -0.4 is 5.32 Å². The number of fused-ring (bicyclic) bond motifs is 1. The molecule has 1 N–H and O–H groups in total. The first-order chi connectivity index (χ1) is 26.0. The molecule has 284 valence electrons. The number of rotatable bonds is 10. The number of hydrogen-bond donors (Lipinski definition) is 1. The Labute approximate surface area is 312 Å². The van der Waals surface area contributed by atoms with Gasteiger partial charge in [0.1, 0.15) is 6.33 Å². The Bertz CT molecular complexity index is 2050. The van der Waals surface area contributed by atoms with Crippen molar-refractivity contribution in [3.63, 3.8) is 0 Å². The van der Waals surface area contributed by atoms with Crippen LogP contribution in [0.5, 0.6) is 0 Å². The molecule has 2 amide bonds. The molecule has 0 spiro atoms. The summed E-state index contributed by atoms with van der Waals surface area (Å²) < 4.78 is 25.0. The molecular formula is C38H44N8O8. The average molecular weight is 741 g/mol. The van der Waals surface area contributed by atoms with E-state index in [0.717, 1.165) is 31.2 Å². The predicted molar refractivity (Wildman–Crippen MR) is 193 cm³/mol. The van der Waals surface area contributed by atoms with Crippen molar-refractivity contribution in [3.8, 4) is 17.3 Å². The molecule has 1 saturated heterocycles. The van der Waals surface area contributed by atoms with E-state index in [-0.39, 0.29) is 18.6 Å².